The lowest BCUT2D eigenvalue weighted by Gasteiger charge is -2.06. The molecule has 128 valence electrons. The summed E-state index contributed by atoms with van der Waals surface area (Å²) in [4.78, 5) is 0. The molecule has 0 aliphatic heterocycles. The van der Waals surface area contributed by atoms with Crippen molar-refractivity contribution in [2.24, 2.45) is 5.73 Å². The van der Waals surface area contributed by atoms with Gasteiger partial charge in [-0.2, -0.15) is 4.57 Å². The van der Waals surface area contributed by atoms with E-state index in [1.54, 1.807) is 13.2 Å². The molecule has 3 nitrogen and oxygen atoms in total. The second-order valence-corrected chi connectivity index (χ2v) is 6.44. The SMILES string of the molecule is COc1ccc2c(ccc(/C=C/c3ccc(Cl)c(Cl)c3)[n+]2CCN)c1. The molecule has 0 amide bonds. The van der Waals surface area contributed by atoms with Gasteiger partial charge in [-0.3, -0.25) is 0 Å². The maximum Gasteiger partial charge on any atom is 0.213 e. The smallest absolute Gasteiger partial charge is 0.213 e. The van der Waals surface area contributed by atoms with Crippen molar-refractivity contribution < 1.29 is 9.30 Å². The highest BCUT2D eigenvalue weighted by Crippen LogP contribution is 2.24. The molecule has 0 unspecified atom stereocenters. The number of aromatic nitrogens is 1. The predicted octanol–water partition coefficient (Wildman–Crippen LogP) is 4.57. The summed E-state index contributed by atoms with van der Waals surface area (Å²) < 4.78 is 7.50. The van der Waals surface area contributed by atoms with Crippen LogP contribution in [0.5, 0.6) is 5.75 Å². The molecule has 0 bridgehead atoms. The van der Waals surface area contributed by atoms with Crippen LogP contribution in [0, 0.1) is 0 Å². The van der Waals surface area contributed by atoms with Gasteiger partial charge in [-0.15, -0.1) is 0 Å². The summed E-state index contributed by atoms with van der Waals surface area (Å²) in [5, 5.41) is 2.21. The highest BCUT2D eigenvalue weighted by Gasteiger charge is 2.13. The van der Waals surface area contributed by atoms with E-state index in [0.717, 1.165) is 34.5 Å². The topological polar surface area (TPSA) is 39.1 Å². The molecule has 0 spiro atoms. The quantitative estimate of drug-likeness (QED) is 0.665. The van der Waals surface area contributed by atoms with Gasteiger partial charge in [-0.1, -0.05) is 29.3 Å². The van der Waals surface area contributed by atoms with Crippen molar-refractivity contribution in [2.45, 2.75) is 6.54 Å². The highest BCUT2D eigenvalue weighted by molar-refractivity contribution is 6.42. The third kappa shape index (κ3) is 3.96. The predicted molar refractivity (Wildman–Crippen MR) is 105 cm³/mol. The first kappa shape index (κ1) is 17.7. The maximum atomic E-state index is 6.08. The molecule has 3 rings (SSSR count). The summed E-state index contributed by atoms with van der Waals surface area (Å²) >= 11 is 12.1. The van der Waals surface area contributed by atoms with E-state index in [-0.39, 0.29) is 0 Å². The first-order valence-electron chi connectivity index (χ1n) is 7.96. The van der Waals surface area contributed by atoms with E-state index >= 15 is 0 Å². The number of hydrogen-bond acceptors (Lipinski definition) is 2. The van der Waals surface area contributed by atoms with Crippen LogP contribution in [0.1, 0.15) is 11.3 Å². The molecule has 0 saturated carbocycles. The number of methoxy groups -OCH3 is 1. The third-order valence-corrected chi connectivity index (χ3v) is 4.75. The van der Waals surface area contributed by atoms with Gasteiger partial charge >= 0.3 is 0 Å². The summed E-state index contributed by atoms with van der Waals surface area (Å²) in [5.74, 6) is 0.839. The fourth-order valence-corrected chi connectivity index (χ4v) is 3.07. The first-order chi connectivity index (χ1) is 12.1. The molecular formula is C20H19Cl2N2O+. The van der Waals surface area contributed by atoms with Crippen LogP contribution in [0.3, 0.4) is 0 Å². The Morgan fingerprint density at radius 3 is 2.56 bits per heavy atom. The maximum absolute atomic E-state index is 6.08. The standard InChI is InChI=1S/C20H19Cl2N2O/c1-25-17-7-9-20-15(13-17)4-6-16(24(20)11-10-23)5-2-14-3-8-18(21)19(22)12-14/h2-9,12-13H,10-11,23H2,1H3/q+1/b5-2+. The largest absolute Gasteiger partial charge is 0.497 e. The Labute approximate surface area is 157 Å². The zero-order valence-corrected chi connectivity index (χ0v) is 15.4. The minimum atomic E-state index is 0.546. The number of ether oxygens (including phenoxy) is 1. The lowest BCUT2D eigenvalue weighted by Crippen LogP contribution is -2.41. The average Bonchev–Trinajstić information content (AvgIpc) is 2.63. The normalized spacial score (nSPS) is 11.4. The van der Waals surface area contributed by atoms with Crippen molar-refractivity contribution >= 4 is 46.3 Å². The molecule has 0 saturated heterocycles. The van der Waals surface area contributed by atoms with Gasteiger partial charge in [0.05, 0.1) is 29.1 Å². The Hall–Kier alpha value is -2.07. The minimum absolute atomic E-state index is 0.546. The van der Waals surface area contributed by atoms with Crippen LogP contribution < -0.4 is 15.0 Å². The molecule has 2 N–H and O–H groups in total. The number of benzene rings is 2. The van der Waals surface area contributed by atoms with Crippen LogP contribution in [0.2, 0.25) is 10.0 Å². The van der Waals surface area contributed by atoms with E-state index in [1.165, 1.54) is 0 Å². The zero-order valence-electron chi connectivity index (χ0n) is 13.9. The number of pyridine rings is 1. The zero-order chi connectivity index (χ0) is 17.8. The Balaban J connectivity index is 2.03. The summed E-state index contributed by atoms with van der Waals surface area (Å²) in [7, 11) is 1.67. The highest BCUT2D eigenvalue weighted by atomic mass is 35.5. The molecule has 2 aromatic carbocycles. The van der Waals surface area contributed by atoms with Crippen molar-refractivity contribution in [3.63, 3.8) is 0 Å². The van der Waals surface area contributed by atoms with E-state index in [4.69, 9.17) is 33.7 Å². The molecule has 0 aliphatic rings. The average molecular weight is 374 g/mol. The van der Waals surface area contributed by atoms with Crippen molar-refractivity contribution in [1.82, 2.24) is 0 Å². The summed E-state index contributed by atoms with van der Waals surface area (Å²) in [6, 6.07) is 15.8. The van der Waals surface area contributed by atoms with Gasteiger partial charge < -0.3 is 10.5 Å². The molecular weight excluding hydrogens is 355 g/mol. The molecule has 25 heavy (non-hydrogen) atoms. The third-order valence-electron chi connectivity index (χ3n) is 4.01. The van der Waals surface area contributed by atoms with Crippen LogP contribution in [0.15, 0.2) is 48.5 Å². The Morgan fingerprint density at radius 1 is 1.00 bits per heavy atom. The number of nitrogens with zero attached hydrogens (tertiary/aromatic N) is 1. The molecule has 0 fully saturated rings. The monoisotopic (exact) mass is 373 g/mol. The van der Waals surface area contributed by atoms with Gasteiger partial charge in [-0.05, 0) is 42.0 Å². The van der Waals surface area contributed by atoms with Gasteiger partial charge in [0.15, 0.2) is 6.54 Å². The van der Waals surface area contributed by atoms with Crippen LogP contribution in [0.4, 0.5) is 0 Å². The van der Waals surface area contributed by atoms with Crippen molar-refractivity contribution in [2.75, 3.05) is 13.7 Å². The first-order valence-corrected chi connectivity index (χ1v) is 8.72. The van der Waals surface area contributed by atoms with Gasteiger partial charge in [0, 0.05) is 18.2 Å². The van der Waals surface area contributed by atoms with Crippen molar-refractivity contribution in [3.05, 3.63) is 69.8 Å². The van der Waals surface area contributed by atoms with Crippen LogP contribution >= 0.6 is 23.2 Å². The van der Waals surface area contributed by atoms with Gasteiger partial charge in [0.25, 0.3) is 0 Å². The molecule has 0 atom stereocenters. The minimum Gasteiger partial charge on any atom is -0.497 e. The van der Waals surface area contributed by atoms with E-state index in [1.807, 2.05) is 30.3 Å². The van der Waals surface area contributed by atoms with E-state index in [2.05, 4.69) is 28.8 Å². The van der Waals surface area contributed by atoms with E-state index < -0.39 is 0 Å². The number of nitrogens with two attached hydrogens (primary N) is 1. The van der Waals surface area contributed by atoms with Gasteiger partial charge in [0.1, 0.15) is 5.75 Å². The molecule has 0 radical (unpaired) electrons. The lowest BCUT2D eigenvalue weighted by atomic mass is 10.1. The Bertz CT molecular complexity index is 938. The van der Waals surface area contributed by atoms with Crippen molar-refractivity contribution in [3.8, 4) is 5.75 Å². The second kappa shape index (κ2) is 7.87. The lowest BCUT2D eigenvalue weighted by molar-refractivity contribution is -0.670. The van der Waals surface area contributed by atoms with Crippen LogP contribution in [0.25, 0.3) is 23.1 Å². The van der Waals surface area contributed by atoms with Gasteiger partial charge in [-0.25, -0.2) is 0 Å². The number of halogens is 2. The molecule has 1 aromatic heterocycles. The number of rotatable bonds is 5. The van der Waals surface area contributed by atoms with Crippen LogP contribution in [-0.4, -0.2) is 13.7 Å². The Morgan fingerprint density at radius 2 is 1.84 bits per heavy atom. The summed E-state index contributed by atoms with van der Waals surface area (Å²) in [6.45, 7) is 1.29. The second-order valence-electron chi connectivity index (χ2n) is 5.63. The molecule has 1 heterocycles. The van der Waals surface area contributed by atoms with E-state index in [9.17, 15) is 0 Å². The van der Waals surface area contributed by atoms with Crippen molar-refractivity contribution in [1.29, 1.82) is 0 Å². The number of hydrogen-bond donors (Lipinski definition) is 1. The fourth-order valence-electron chi connectivity index (χ4n) is 2.76. The Kier molecular flexibility index (Phi) is 5.59. The summed E-state index contributed by atoms with van der Waals surface area (Å²) in [5.41, 5.74) is 8.99. The number of fused-ring (bicyclic) bond motifs is 1. The molecule has 3 aromatic rings. The van der Waals surface area contributed by atoms with E-state index in [0.29, 0.717) is 16.6 Å². The fraction of sp³-hybridized carbons (Fsp3) is 0.150. The molecule has 0 aliphatic carbocycles. The molecule has 5 heteroatoms. The van der Waals surface area contributed by atoms with Gasteiger partial charge in [0.2, 0.25) is 11.2 Å². The van der Waals surface area contributed by atoms with Crippen LogP contribution in [-0.2, 0) is 6.54 Å². The summed E-state index contributed by atoms with van der Waals surface area (Å²) in [6.07, 6.45) is 4.07.